The van der Waals surface area contributed by atoms with E-state index in [-0.39, 0.29) is 16.6 Å². The standard InChI is InChI=1S/C26H20ClN3O3/c27-22-23(26(33)30(25(22)32)21-11-2-1-3-12-21)28-20-10-6-9-18(15-20)24(31)29-14-13-17-7-4-5-8-19(17)16-29/h1-12,15,28H,13-14,16H2. The van der Waals surface area contributed by atoms with E-state index in [1.165, 1.54) is 5.56 Å². The summed E-state index contributed by atoms with van der Waals surface area (Å²) in [5.41, 5.74) is 3.85. The minimum Gasteiger partial charge on any atom is -0.350 e. The van der Waals surface area contributed by atoms with Crippen LogP contribution in [0.3, 0.4) is 0 Å². The average molecular weight is 458 g/mol. The molecule has 0 unspecified atom stereocenters. The van der Waals surface area contributed by atoms with E-state index in [9.17, 15) is 14.4 Å². The number of amides is 3. The number of imide groups is 1. The molecule has 3 aromatic carbocycles. The molecule has 1 N–H and O–H groups in total. The molecule has 0 aromatic heterocycles. The molecule has 0 spiro atoms. The number of nitrogens with zero attached hydrogens (tertiary/aromatic N) is 2. The molecule has 0 saturated heterocycles. The molecule has 0 aliphatic carbocycles. The second-order valence-electron chi connectivity index (χ2n) is 7.92. The number of benzene rings is 3. The molecule has 164 valence electrons. The van der Waals surface area contributed by atoms with Crippen LogP contribution in [-0.2, 0) is 22.6 Å². The maximum Gasteiger partial charge on any atom is 0.283 e. The molecule has 33 heavy (non-hydrogen) atoms. The van der Waals surface area contributed by atoms with Gasteiger partial charge in [-0.15, -0.1) is 0 Å². The van der Waals surface area contributed by atoms with Crippen molar-refractivity contribution in [3.8, 4) is 0 Å². The van der Waals surface area contributed by atoms with Gasteiger partial charge < -0.3 is 10.2 Å². The summed E-state index contributed by atoms with van der Waals surface area (Å²) >= 11 is 6.22. The molecule has 5 rings (SSSR count). The van der Waals surface area contributed by atoms with Crippen LogP contribution in [0.5, 0.6) is 0 Å². The zero-order valence-corrected chi connectivity index (χ0v) is 18.4. The summed E-state index contributed by atoms with van der Waals surface area (Å²) in [7, 11) is 0. The molecule has 0 radical (unpaired) electrons. The van der Waals surface area contributed by atoms with Crippen molar-refractivity contribution in [3.05, 3.63) is 106 Å². The first-order chi connectivity index (χ1) is 16.0. The molecule has 2 heterocycles. The Morgan fingerprint density at radius 1 is 0.848 bits per heavy atom. The van der Waals surface area contributed by atoms with E-state index >= 15 is 0 Å². The van der Waals surface area contributed by atoms with Gasteiger partial charge in [0.15, 0.2) is 0 Å². The van der Waals surface area contributed by atoms with Gasteiger partial charge in [-0.2, -0.15) is 0 Å². The molecule has 0 saturated carbocycles. The average Bonchev–Trinajstić information content (AvgIpc) is 3.07. The van der Waals surface area contributed by atoms with Gasteiger partial charge in [-0.25, -0.2) is 4.90 Å². The SMILES string of the molecule is O=C(c1cccc(NC2=C(Cl)C(=O)N(c3ccccc3)C2=O)c1)N1CCc2ccccc2C1. The Morgan fingerprint density at radius 2 is 1.58 bits per heavy atom. The number of carbonyl (C=O) groups excluding carboxylic acids is 3. The predicted octanol–water partition coefficient (Wildman–Crippen LogP) is 4.32. The van der Waals surface area contributed by atoms with Crippen LogP contribution in [-0.4, -0.2) is 29.2 Å². The number of hydrogen-bond donors (Lipinski definition) is 1. The summed E-state index contributed by atoms with van der Waals surface area (Å²) in [5, 5.41) is 2.76. The van der Waals surface area contributed by atoms with Gasteiger partial charge in [-0.05, 0) is 47.9 Å². The summed E-state index contributed by atoms with van der Waals surface area (Å²) in [5.74, 6) is -1.22. The van der Waals surface area contributed by atoms with Gasteiger partial charge in [0.2, 0.25) is 0 Å². The lowest BCUT2D eigenvalue weighted by Gasteiger charge is -2.29. The van der Waals surface area contributed by atoms with Crippen molar-refractivity contribution < 1.29 is 14.4 Å². The van der Waals surface area contributed by atoms with Gasteiger partial charge >= 0.3 is 0 Å². The molecule has 2 aliphatic heterocycles. The molecule has 0 atom stereocenters. The minimum absolute atomic E-state index is 0.0120. The fourth-order valence-corrected chi connectivity index (χ4v) is 4.36. The quantitative estimate of drug-likeness (QED) is 0.592. The maximum absolute atomic E-state index is 13.1. The third-order valence-corrected chi connectivity index (χ3v) is 6.19. The summed E-state index contributed by atoms with van der Waals surface area (Å²) in [6, 6.07) is 23.6. The zero-order valence-electron chi connectivity index (χ0n) is 17.6. The van der Waals surface area contributed by atoms with E-state index in [0.717, 1.165) is 16.9 Å². The van der Waals surface area contributed by atoms with Crippen molar-refractivity contribution in [2.45, 2.75) is 13.0 Å². The molecular formula is C26H20ClN3O3. The topological polar surface area (TPSA) is 69.7 Å². The van der Waals surface area contributed by atoms with Crippen LogP contribution in [0.25, 0.3) is 0 Å². The van der Waals surface area contributed by atoms with E-state index in [0.29, 0.717) is 30.0 Å². The van der Waals surface area contributed by atoms with E-state index < -0.39 is 11.8 Å². The van der Waals surface area contributed by atoms with Crippen molar-refractivity contribution >= 4 is 40.7 Å². The number of halogens is 1. The van der Waals surface area contributed by atoms with E-state index in [4.69, 9.17) is 11.6 Å². The number of fused-ring (bicyclic) bond motifs is 1. The number of anilines is 2. The Balaban J connectivity index is 1.35. The lowest BCUT2D eigenvalue weighted by Crippen LogP contribution is -2.36. The van der Waals surface area contributed by atoms with Crippen LogP contribution in [0.2, 0.25) is 0 Å². The normalized spacial score (nSPS) is 15.7. The van der Waals surface area contributed by atoms with Crippen LogP contribution in [0.15, 0.2) is 89.6 Å². The number of nitrogens with one attached hydrogen (secondary N) is 1. The lowest BCUT2D eigenvalue weighted by atomic mass is 9.99. The molecule has 0 fully saturated rings. The lowest BCUT2D eigenvalue weighted by molar-refractivity contribution is -0.120. The third kappa shape index (κ3) is 3.90. The van der Waals surface area contributed by atoms with Crippen LogP contribution in [0, 0.1) is 0 Å². The van der Waals surface area contributed by atoms with Crippen LogP contribution < -0.4 is 10.2 Å². The molecular weight excluding hydrogens is 438 g/mol. The molecule has 3 amide bonds. The van der Waals surface area contributed by atoms with Crippen molar-refractivity contribution in [3.63, 3.8) is 0 Å². The van der Waals surface area contributed by atoms with Crippen LogP contribution in [0.1, 0.15) is 21.5 Å². The highest BCUT2D eigenvalue weighted by Crippen LogP contribution is 2.30. The van der Waals surface area contributed by atoms with E-state index in [1.807, 2.05) is 23.1 Å². The van der Waals surface area contributed by atoms with Gasteiger partial charge in [0.05, 0.1) is 5.69 Å². The molecule has 6 nitrogen and oxygen atoms in total. The minimum atomic E-state index is -0.588. The van der Waals surface area contributed by atoms with Crippen molar-refractivity contribution in [2.75, 3.05) is 16.8 Å². The molecule has 0 bridgehead atoms. The summed E-state index contributed by atoms with van der Waals surface area (Å²) in [4.78, 5) is 41.5. The highest BCUT2D eigenvalue weighted by atomic mass is 35.5. The van der Waals surface area contributed by atoms with E-state index in [1.54, 1.807) is 54.6 Å². The Morgan fingerprint density at radius 3 is 2.36 bits per heavy atom. The number of rotatable bonds is 4. The molecule has 3 aromatic rings. The molecule has 7 heteroatoms. The van der Waals surface area contributed by atoms with Crippen LogP contribution in [0.4, 0.5) is 11.4 Å². The first-order valence-electron chi connectivity index (χ1n) is 10.6. The predicted molar refractivity (Wildman–Crippen MR) is 127 cm³/mol. The second kappa shape index (κ2) is 8.56. The first-order valence-corrected chi connectivity index (χ1v) is 11.0. The van der Waals surface area contributed by atoms with Gasteiger partial charge in [0.25, 0.3) is 17.7 Å². The van der Waals surface area contributed by atoms with Gasteiger partial charge in [0.1, 0.15) is 10.7 Å². The first kappa shape index (κ1) is 21.0. The summed E-state index contributed by atoms with van der Waals surface area (Å²) < 4.78 is 0. The monoisotopic (exact) mass is 457 g/mol. The Bertz CT molecular complexity index is 1300. The Kier molecular flexibility index (Phi) is 5.44. The smallest absolute Gasteiger partial charge is 0.283 e. The van der Waals surface area contributed by atoms with Crippen molar-refractivity contribution in [2.24, 2.45) is 0 Å². The highest BCUT2D eigenvalue weighted by Gasteiger charge is 2.39. The van der Waals surface area contributed by atoms with Crippen LogP contribution >= 0.6 is 11.6 Å². The largest absolute Gasteiger partial charge is 0.350 e. The Hall–Kier alpha value is -3.90. The third-order valence-electron chi connectivity index (χ3n) is 5.84. The highest BCUT2D eigenvalue weighted by molar-refractivity contribution is 6.53. The van der Waals surface area contributed by atoms with Gasteiger partial charge in [-0.3, -0.25) is 14.4 Å². The van der Waals surface area contributed by atoms with Gasteiger partial charge in [-0.1, -0.05) is 60.1 Å². The number of hydrogen-bond acceptors (Lipinski definition) is 4. The molecule has 2 aliphatic rings. The van der Waals surface area contributed by atoms with Crippen molar-refractivity contribution in [1.29, 1.82) is 0 Å². The zero-order chi connectivity index (χ0) is 22.9. The summed E-state index contributed by atoms with van der Waals surface area (Å²) in [6.07, 6.45) is 0.814. The fourth-order valence-electron chi connectivity index (χ4n) is 4.15. The van der Waals surface area contributed by atoms with Gasteiger partial charge in [0, 0.05) is 24.3 Å². The maximum atomic E-state index is 13.1. The fraction of sp³-hybridized carbons (Fsp3) is 0.115. The second-order valence-corrected chi connectivity index (χ2v) is 8.30. The number of carbonyl (C=O) groups is 3. The Labute approximate surface area is 196 Å². The van der Waals surface area contributed by atoms with E-state index in [2.05, 4.69) is 11.4 Å². The van der Waals surface area contributed by atoms with Crippen molar-refractivity contribution in [1.82, 2.24) is 4.90 Å². The summed E-state index contributed by atoms with van der Waals surface area (Å²) in [6.45, 7) is 1.20. The number of para-hydroxylation sites is 1.